The van der Waals surface area contributed by atoms with Crippen LogP contribution in [0.4, 0.5) is 18.9 Å². The molecule has 2 aromatic carbocycles. The van der Waals surface area contributed by atoms with Crippen molar-refractivity contribution in [2.45, 2.75) is 12.8 Å². The van der Waals surface area contributed by atoms with Crippen LogP contribution in [-0.4, -0.2) is 0 Å². The summed E-state index contributed by atoms with van der Waals surface area (Å²) in [6.07, 6.45) is -4.50. The van der Waals surface area contributed by atoms with E-state index in [0.717, 1.165) is 16.1 Å². The van der Waals surface area contributed by atoms with E-state index in [0.29, 0.717) is 0 Å². The van der Waals surface area contributed by atoms with Gasteiger partial charge in [0.15, 0.2) is 0 Å². The topological polar surface area (TPSA) is 35.2 Å². The minimum absolute atomic E-state index is 0.0361. The van der Waals surface area contributed by atoms with Gasteiger partial charge in [0.05, 0.1) is 5.56 Å². The van der Waals surface area contributed by atoms with Crippen LogP contribution in [0.25, 0.3) is 0 Å². The SMILES string of the molecule is Nc1ccc(OCc2ccccc2Br)c(C(F)(F)F)c1. The molecule has 0 radical (unpaired) electrons. The highest BCUT2D eigenvalue weighted by Gasteiger charge is 2.34. The Bertz CT molecular complexity index is 614. The summed E-state index contributed by atoms with van der Waals surface area (Å²) in [6, 6.07) is 10.7. The van der Waals surface area contributed by atoms with Gasteiger partial charge in [0, 0.05) is 15.7 Å². The van der Waals surface area contributed by atoms with E-state index in [1.165, 1.54) is 12.1 Å². The second-order valence-corrected chi connectivity index (χ2v) is 4.99. The summed E-state index contributed by atoms with van der Waals surface area (Å²) < 4.78 is 44.7. The molecule has 0 amide bonds. The smallest absolute Gasteiger partial charge is 0.420 e. The summed E-state index contributed by atoms with van der Waals surface area (Å²) in [6.45, 7) is 0.0361. The van der Waals surface area contributed by atoms with E-state index in [-0.39, 0.29) is 18.0 Å². The Kier molecular flexibility index (Phi) is 4.23. The Labute approximate surface area is 122 Å². The molecule has 0 atom stereocenters. The third-order valence-electron chi connectivity index (χ3n) is 2.65. The van der Waals surface area contributed by atoms with Crippen molar-refractivity contribution in [3.63, 3.8) is 0 Å². The number of benzene rings is 2. The van der Waals surface area contributed by atoms with E-state index in [1.54, 1.807) is 18.2 Å². The van der Waals surface area contributed by atoms with Gasteiger partial charge >= 0.3 is 6.18 Å². The number of hydrogen-bond acceptors (Lipinski definition) is 2. The van der Waals surface area contributed by atoms with Crippen molar-refractivity contribution in [3.8, 4) is 5.75 Å². The Morgan fingerprint density at radius 2 is 1.80 bits per heavy atom. The Morgan fingerprint density at radius 3 is 2.45 bits per heavy atom. The predicted molar refractivity (Wildman–Crippen MR) is 74.3 cm³/mol. The summed E-state index contributed by atoms with van der Waals surface area (Å²) in [4.78, 5) is 0. The zero-order chi connectivity index (χ0) is 14.8. The maximum atomic E-state index is 12.9. The molecule has 0 aliphatic rings. The number of nitrogen functional groups attached to an aromatic ring is 1. The number of nitrogens with two attached hydrogens (primary N) is 1. The van der Waals surface area contributed by atoms with Crippen molar-refractivity contribution in [2.24, 2.45) is 0 Å². The van der Waals surface area contributed by atoms with Gasteiger partial charge in [0.2, 0.25) is 0 Å². The van der Waals surface area contributed by atoms with Gasteiger partial charge < -0.3 is 10.5 Å². The molecule has 0 aliphatic carbocycles. The third-order valence-corrected chi connectivity index (χ3v) is 3.42. The first-order chi connectivity index (χ1) is 9.38. The largest absolute Gasteiger partial charge is 0.488 e. The zero-order valence-electron chi connectivity index (χ0n) is 10.2. The fraction of sp³-hybridized carbons (Fsp3) is 0.143. The van der Waals surface area contributed by atoms with Crippen LogP contribution in [0, 0.1) is 0 Å². The summed E-state index contributed by atoms with van der Waals surface area (Å²) in [7, 11) is 0. The quantitative estimate of drug-likeness (QED) is 0.823. The van der Waals surface area contributed by atoms with E-state index < -0.39 is 11.7 Å². The van der Waals surface area contributed by atoms with Gasteiger partial charge in [-0.05, 0) is 24.3 Å². The number of alkyl halides is 3. The standard InChI is InChI=1S/C14H11BrF3NO/c15-12-4-2-1-3-9(12)8-20-13-6-5-10(19)7-11(13)14(16,17)18/h1-7H,8,19H2. The van der Waals surface area contributed by atoms with E-state index in [9.17, 15) is 13.2 Å². The number of rotatable bonds is 3. The van der Waals surface area contributed by atoms with Crippen LogP contribution < -0.4 is 10.5 Å². The summed E-state index contributed by atoms with van der Waals surface area (Å²) in [5, 5.41) is 0. The zero-order valence-corrected chi connectivity index (χ0v) is 11.8. The van der Waals surface area contributed by atoms with Gasteiger partial charge in [0.25, 0.3) is 0 Å². The summed E-state index contributed by atoms with van der Waals surface area (Å²) in [5.41, 5.74) is 5.33. The first kappa shape index (κ1) is 14.7. The third kappa shape index (κ3) is 3.45. The van der Waals surface area contributed by atoms with E-state index in [2.05, 4.69) is 15.9 Å². The second kappa shape index (κ2) is 5.75. The van der Waals surface area contributed by atoms with Crippen molar-refractivity contribution in [2.75, 3.05) is 5.73 Å². The van der Waals surface area contributed by atoms with Crippen LogP contribution in [0.2, 0.25) is 0 Å². The molecule has 20 heavy (non-hydrogen) atoms. The van der Waals surface area contributed by atoms with E-state index >= 15 is 0 Å². The van der Waals surface area contributed by atoms with Crippen molar-refractivity contribution in [1.29, 1.82) is 0 Å². The van der Waals surface area contributed by atoms with Gasteiger partial charge in [0.1, 0.15) is 12.4 Å². The van der Waals surface area contributed by atoms with Crippen molar-refractivity contribution in [1.82, 2.24) is 0 Å². The molecule has 0 fully saturated rings. The highest BCUT2D eigenvalue weighted by Crippen LogP contribution is 2.37. The normalized spacial score (nSPS) is 11.4. The van der Waals surface area contributed by atoms with Crippen molar-refractivity contribution >= 4 is 21.6 Å². The average molecular weight is 346 g/mol. The molecular formula is C14H11BrF3NO. The van der Waals surface area contributed by atoms with Crippen LogP contribution >= 0.6 is 15.9 Å². The lowest BCUT2D eigenvalue weighted by Crippen LogP contribution is -2.09. The molecule has 0 bridgehead atoms. The maximum Gasteiger partial charge on any atom is 0.420 e. The molecule has 0 saturated carbocycles. The van der Waals surface area contributed by atoms with Gasteiger partial charge in [-0.15, -0.1) is 0 Å². The van der Waals surface area contributed by atoms with Crippen molar-refractivity contribution in [3.05, 3.63) is 58.1 Å². The molecular weight excluding hydrogens is 335 g/mol. The number of ether oxygens (including phenoxy) is 1. The molecule has 0 unspecified atom stereocenters. The minimum atomic E-state index is -4.50. The lowest BCUT2D eigenvalue weighted by Gasteiger charge is -2.15. The predicted octanol–water partition coefficient (Wildman–Crippen LogP) is 4.63. The number of hydrogen-bond donors (Lipinski definition) is 1. The fourth-order valence-corrected chi connectivity index (χ4v) is 2.07. The highest BCUT2D eigenvalue weighted by molar-refractivity contribution is 9.10. The maximum absolute atomic E-state index is 12.9. The summed E-state index contributed by atoms with van der Waals surface area (Å²) >= 11 is 3.32. The van der Waals surface area contributed by atoms with Gasteiger partial charge in [-0.25, -0.2) is 0 Å². The molecule has 0 spiro atoms. The van der Waals surface area contributed by atoms with Crippen molar-refractivity contribution < 1.29 is 17.9 Å². The molecule has 2 aromatic rings. The molecule has 0 aromatic heterocycles. The number of halogens is 4. The molecule has 106 valence electrons. The number of anilines is 1. The Hall–Kier alpha value is -1.69. The average Bonchev–Trinajstić information content (AvgIpc) is 2.38. The molecule has 0 saturated heterocycles. The van der Waals surface area contributed by atoms with Crippen LogP contribution in [-0.2, 0) is 12.8 Å². The van der Waals surface area contributed by atoms with Crippen LogP contribution in [0.1, 0.15) is 11.1 Å². The van der Waals surface area contributed by atoms with Gasteiger partial charge in [-0.3, -0.25) is 0 Å². The highest BCUT2D eigenvalue weighted by atomic mass is 79.9. The second-order valence-electron chi connectivity index (χ2n) is 4.13. The monoisotopic (exact) mass is 345 g/mol. The lowest BCUT2D eigenvalue weighted by atomic mass is 10.1. The van der Waals surface area contributed by atoms with Gasteiger partial charge in [-0.1, -0.05) is 34.1 Å². The first-order valence-corrected chi connectivity index (χ1v) is 6.50. The Morgan fingerprint density at radius 1 is 1.10 bits per heavy atom. The molecule has 0 aliphatic heterocycles. The molecule has 0 heterocycles. The van der Waals surface area contributed by atoms with Crippen LogP contribution in [0.3, 0.4) is 0 Å². The minimum Gasteiger partial charge on any atom is -0.488 e. The molecule has 2 nitrogen and oxygen atoms in total. The van der Waals surface area contributed by atoms with Crippen LogP contribution in [0.5, 0.6) is 5.75 Å². The van der Waals surface area contributed by atoms with Gasteiger partial charge in [-0.2, -0.15) is 13.2 Å². The lowest BCUT2D eigenvalue weighted by molar-refractivity contribution is -0.139. The fourth-order valence-electron chi connectivity index (χ4n) is 1.67. The van der Waals surface area contributed by atoms with E-state index in [1.807, 2.05) is 6.07 Å². The Balaban J connectivity index is 2.24. The molecule has 2 N–H and O–H groups in total. The summed E-state index contributed by atoms with van der Waals surface area (Å²) in [5.74, 6) is -0.234. The molecule has 2 rings (SSSR count). The van der Waals surface area contributed by atoms with E-state index in [4.69, 9.17) is 10.5 Å². The molecule has 6 heteroatoms. The first-order valence-electron chi connectivity index (χ1n) is 5.71. The van der Waals surface area contributed by atoms with Crippen LogP contribution in [0.15, 0.2) is 46.9 Å².